The van der Waals surface area contributed by atoms with Gasteiger partial charge in [0.05, 0.1) is 7.11 Å². The Kier molecular flexibility index (Phi) is 5.11. The smallest absolute Gasteiger partial charge is 0.232 e. The van der Waals surface area contributed by atoms with E-state index in [0.29, 0.717) is 18.6 Å². The maximum Gasteiger partial charge on any atom is 0.232 e. The number of benzene rings is 2. The van der Waals surface area contributed by atoms with E-state index in [0.717, 1.165) is 27.0 Å². The average molecular weight is 454 g/mol. The average Bonchev–Trinajstić information content (AvgIpc) is 2.66. The van der Waals surface area contributed by atoms with E-state index in [4.69, 9.17) is 4.74 Å². The molecule has 0 saturated carbocycles. The second kappa shape index (κ2) is 7.45. The zero-order valence-corrected chi connectivity index (χ0v) is 18.5. The molecule has 0 aromatic heterocycles. The molecule has 150 valence electrons. The van der Waals surface area contributed by atoms with Gasteiger partial charge in [-0.2, -0.15) is 0 Å². The standard InChI is InChI=1S/C24H24BrNO3/c1-24(2)13-19-23(20(27)14-24)18(17-9-4-5-10-21(17)29-3)12-22(28)26(19)16-8-6-7-15(25)11-16/h4-11,18H,12-14H2,1-3H3. The normalized spacial score (nSPS) is 21.2. The lowest BCUT2D eigenvalue weighted by molar-refractivity contribution is -0.121. The van der Waals surface area contributed by atoms with E-state index in [1.807, 2.05) is 48.5 Å². The van der Waals surface area contributed by atoms with E-state index in [2.05, 4.69) is 29.8 Å². The van der Waals surface area contributed by atoms with Crippen LogP contribution in [0.3, 0.4) is 0 Å². The van der Waals surface area contributed by atoms with Crippen molar-refractivity contribution < 1.29 is 14.3 Å². The molecule has 5 heteroatoms. The van der Waals surface area contributed by atoms with Crippen LogP contribution in [0.15, 0.2) is 64.3 Å². The molecule has 29 heavy (non-hydrogen) atoms. The lowest BCUT2D eigenvalue weighted by Gasteiger charge is -2.43. The molecule has 1 heterocycles. The van der Waals surface area contributed by atoms with E-state index in [-0.39, 0.29) is 29.4 Å². The van der Waals surface area contributed by atoms with Crippen molar-refractivity contribution in [2.24, 2.45) is 5.41 Å². The van der Waals surface area contributed by atoms with E-state index < -0.39 is 0 Å². The van der Waals surface area contributed by atoms with Crippen LogP contribution in [-0.2, 0) is 9.59 Å². The molecule has 1 amide bonds. The highest BCUT2D eigenvalue weighted by molar-refractivity contribution is 9.10. The van der Waals surface area contributed by atoms with Crippen molar-refractivity contribution in [3.05, 3.63) is 69.8 Å². The Morgan fingerprint density at radius 3 is 2.55 bits per heavy atom. The van der Waals surface area contributed by atoms with Crippen LogP contribution in [0.2, 0.25) is 0 Å². The highest BCUT2D eigenvalue weighted by Gasteiger charge is 2.44. The number of rotatable bonds is 3. The van der Waals surface area contributed by atoms with Crippen LogP contribution in [0.25, 0.3) is 0 Å². The first-order chi connectivity index (χ1) is 13.8. The van der Waals surface area contributed by atoms with Crippen LogP contribution in [-0.4, -0.2) is 18.8 Å². The van der Waals surface area contributed by atoms with Gasteiger partial charge in [0.25, 0.3) is 0 Å². The number of hydrogen-bond acceptors (Lipinski definition) is 3. The molecule has 1 atom stereocenters. The number of carbonyl (C=O) groups is 2. The number of amides is 1. The largest absolute Gasteiger partial charge is 0.496 e. The molecular weight excluding hydrogens is 430 g/mol. The highest BCUT2D eigenvalue weighted by Crippen LogP contribution is 2.49. The van der Waals surface area contributed by atoms with Crippen LogP contribution in [0, 0.1) is 5.41 Å². The Hall–Kier alpha value is -2.40. The zero-order valence-electron chi connectivity index (χ0n) is 16.9. The van der Waals surface area contributed by atoms with E-state index in [9.17, 15) is 9.59 Å². The number of ketones is 1. The number of allylic oxidation sites excluding steroid dienone is 2. The van der Waals surface area contributed by atoms with E-state index >= 15 is 0 Å². The number of halogens is 1. The van der Waals surface area contributed by atoms with Gasteiger partial charge >= 0.3 is 0 Å². The quantitative estimate of drug-likeness (QED) is 0.605. The molecular formula is C24H24BrNO3. The second-order valence-corrected chi connectivity index (χ2v) is 9.42. The van der Waals surface area contributed by atoms with Gasteiger partial charge in [0.1, 0.15) is 5.75 Å². The van der Waals surface area contributed by atoms with Crippen LogP contribution in [0.5, 0.6) is 5.75 Å². The third kappa shape index (κ3) is 3.64. The number of ether oxygens (including phenoxy) is 1. The molecule has 4 rings (SSSR count). The first kappa shape index (κ1) is 19.9. The van der Waals surface area contributed by atoms with Crippen molar-refractivity contribution in [2.45, 2.75) is 39.0 Å². The molecule has 0 radical (unpaired) electrons. The van der Waals surface area contributed by atoms with Gasteiger partial charge in [-0.25, -0.2) is 0 Å². The summed E-state index contributed by atoms with van der Waals surface area (Å²) in [6.45, 7) is 4.18. The molecule has 2 aromatic carbocycles. The first-order valence-electron chi connectivity index (χ1n) is 9.78. The molecule has 0 spiro atoms. The summed E-state index contributed by atoms with van der Waals surface area (Å²) in [6, 6.07) is 15.4. The predicted molar refractivity (Wildman–Crippen MR) is 117 cm³/mol. The van der Waals surface area contributed by atoms with Gasteiger partial charge in [-0.05, 0) is 36.1 Å². The number of anilines is 1. The maximum absolute atomic E-state index is 13.4. The fraction of sp³-hybridized carbons (Fsp3) is 0.333. The molecule has 2 aromatic rings. The van der Waals surface area contributed by atoms with Crippen LogP contribution in [0.1, 0.15) is 44.6 Å². The van der Waals surface area contributed by atoms with Crippen molar-refractivity contribution in [1.82, 2.24) is 0 Å². The van der Waals surface area contributed by atoms with E-state index in [1.54, 1.807) is 12.0 Å². The summed E-state index contributed by atoms with van der Waals surface area (Å²) < 4.78 is 6.45. The summed E-state index contributed by atoms with van der Waals surface area (Å²) in [5.74, 6) is 0.564. The summed E-state index contributed by atoms with van der Waals surface area (Å²) in [4.78, 5) is 28.5. The highest BCUT2D eigenvalue weighted by atomic mass is 79.9. The SMILES string of the molecule is COc1ccccc1C1CC(=O)N(c2cccc(Br)c2)C2=C1C(=O)CC(C)(C)C2. The molecule has 1 aliphatic heterocycles. The van der Waals surface area contributed by atoms with Crippen molar-refractivity contribution in [3.63, 3.8) is 0 Å². The van der Waals surface area contributed by atoms with Gasteiger partial charge in [-0.15, -0.1) is 0 Å². The van der Waals surface area contributed by atoms with Gasteiger partial charge in [-0.1, -0.05) is 54.0 Å². The molecule has 2 aliphatic rings. The number of nitrogens with zero attached hydrogens (tertiary/aromatic N) is 1. The Labute approximate surface area is 179 Å². The summed E-state index contributed by atoms with van der Waals surface area (Å²) in [7, 11) is 1.62. The number of para-hydroxylation sites is 1. The monoisotopic (exact) mass is 453 g/mol. The van der Waals surface area contributed by atoms with Crippen molar-refractivity contribution in [1.29, 1.82) is 0 Å². The summed E-state index contributed by atoms with van der Waals surface area (Å²) in [5.41, 5.74) is 3.09. The van der Waals surface area contributed by atoms with Crippen molar-refractivity contribution in [3.8, 4) is 5.75 Å². The summed E-state index contributed by atoms with van der Waals surface area (Å²) in [6.07, 6.45) is 1.41. The number of hydrogen-bond donors (Lipinski definition) is 0. The zero-order chi connectivity index (χ0) is 20.8. The lowest BCUT2D eigenvalue weighted by atomic mass is 9.69. The van der Waals surface area contributed by atoms with Gasteiger partial charge in [0.15, 0.2) is 5.78 Å². The fourth-order valence-corrected chi connectivity index (χ4v) is 4.94. The Balaban J connectivity index is 1.93. The van der Waals surface area contributed by atoms with Gasteiger partial charge < -0.3 is 4.74 Å². The van der Waals surface area contributed by atoms with E-state index in [1.165, 1.54) is 0 Å². The molecule has 1 aliphatic carbocycles. The molecule has 0 fully saturated rings. The Morgan fingerprint density at radius 2 is 1.83 bits per heavy atom. The van der Waals surface area contributed by atoms with Gasteiger partial charge in [-0.3, -0.25) is 14.5 Å². The maximum atomic E-state index is 13.4. The van der Waals surface area contributed by atoms with Gasteiger partial charge in [0, 0.05) is 45.8 Å². The minimum atomic E-state index is -0.277. The minimum absolute atomic E-state index is 0.00301. The second-order valence-electron chi connectivity index (χ2n) is 8.51. The van der Waals surface area contributed by atoms with Gasteiger partial charge in [0.2, 0.25) is 5.91 Å². The number of carbonyl (C=O) groups excluding carboxylic acids is 2. The number of Topliss-reactive ketones (excluding diaryl/α,β-unsaturated/α-hetero) is 1. The van der Waals surface area contributed by atoms with Crippen molar-refractivity contribution >= 4 is 33.3 Å². The fourth-order valence-electron chi connectivity index (χ4n) is 4.55. The first-order valence-corrected chi connectivity index (χ1v) is 10.6. The third-order valence-electron chi connectivity index (χ3n) is 5.72. The predicted octanol–water partition coefficient (Wildman–Crippen LogP) is 5.62. The topological polar surface area (TPSA) is 46.6 Å². The third-order valence-corrected chi connectivity index (χ3v) is 6.22. The lowest BCUT2D eigenvalue weighted by Crippen LogP contribution is -2.43. The summed E-state index contributed by atoms with van der Waals surface area (Å²) >= 11 is 3.50. The van der Waals surface area contributed by atoms with Crippen LogP contribution in [0.4, 0.5) is 5.69 Å². The minimum Gasteiger partial charge on any atom is -0.496 e. The van der Waals surface area contributed by atoms with Crippen molar-refractivity contribution in [2.75, 3.05) is 12.0 Å². The molecule has 1 unspecified atom stereocenters. The molecule has 0 bridgehead atoms. The molecule has 4 nitrogen and oxygen atoms in total. The molecule has 0 saturated heterocycles. The number of methoxy groups -OCH3 is 1. The Bertz CT molecular complexity index is 1020. The van der Waals surface area contributed by atoms with Crippen LogP contribution >= 0.6 is 15.9 Å². The summed E-state index contributed by atoms with van der Waals surface area (Å²) in [5, 5.41) is 0. The Morgan fingerprint density at radius 1 is 1.07 bits per heavy atom. The molecule has 0 N–H and O–H groups in total. The van der Waals surface area contributed by atoms with Crippen LogP contribution < -0.4 is 9.64 Å².